The first-order chi connectivity index (χ1) is 26.7. The molecule has 0 bridgehead atoms. The molecule has 0 heterocycles. The van der Waals surface area contributed by atoms with Crippen LogP contribution >= 0.6 is 0 Å². The maximum atomic E-state index is 12.0. The third-order valence-electron chi connectivity index (χ3n) is 9.04. The van der Waals surface area contributed by atoms with Crippen molar-refractivity contribution in [3.63, 3.8) is 0 Å². The summed E-state index contributed by atoms with van der Waals surface area (Å²) in [5.41, 5.74) is -2.26. The third kappa shape index (κ3) is 16.7. The van der Waals surface area contributed by atoms with Gasteiger partial charge in [-0.25, -0.2) is 0 Å². The van der Waals surface area contributed by atoms with Gasteiger partial charge in [-0.2, -0.15) is 0 Å². The molecule has 0 saturated carbocycles. The predicted molar refractivity (Wildman–Crippen MR) is 210 cm³/mol. The number of hydrogen-bond donors (Lipinski definition) is 1. The van der Waals surface area contributed by atoms with E-state index in [-0.39, 0.29) is 17.4 Å². The number of benzene rings is 2. The van der Waals surface area contributed by atoms with E-state index in [0.29, 0.717) is 0 Å². The van der Waals surface area contributed by atoms with Gasteiger partial charge >= 0.3 is 141 Å². The van der Waals surface area contributed by atoms with Crippen LogP contribution in [-0.4, -0.2) is 81.6 Å². The Morgan fingerprint density at radius 2 is 0.721 bits per heavy atom. The van der Waals surface area contributed by atoms with Gasteiger partial charge in [0.05, 0.1) is 6.61 Å². The van der Waals surface area contributed by atoms with Crippen molar-refractivity contribution in [2.24, 2.45) is 0 Å². The molecule has 61 heavy (non-hydrogen) atoms. The predicted octanol–water partition coefficient (Wildman–Crippen LogP) is 8.95. The SMILES string of the molecule is CCc1c(C)c(C)c(C(C)(C)C)c(C)c1C.C[N+](=O)[O-].Cc1c(C)c(C(C)(C)C)c(C)c(C)c1CO.O=S(=O)([O][In]([O]S(=O)(=O)C(F)(F)F)[O]S(=O)(=O)C(F)(F)F)C(F)(F)F. The van der Waals surface area contributed by atoms with Gasteiger partial charge in [0.15, 0.2) is 7.05 Å². The molecule has 2 aromatic carbocycles. The van der Waals surface area contributed by atoms with Gasteiger partial charge < -0.3 is 5.11 Å². The van der Waals surface area contributed by atoms with Crippen LogP contribution in [0.2, 0.25) is 0 Å². The number of rotatable bonds is 8. The number of aliphatic hydroxyl groups is 1. The average molecular weight is 1060 g/mol. The standard InChI is InChI=1S/C16H26.C15H24O.3CHF3O3S.CH3NO2.In/c1-9-14-10(2)12(4)15(16(6,7)8)13(5)11(14)3;1-9-11(3)14(15(5,6)7)12(4)10(2)13(9)8-16;3*2-1(3,4)8(5,6)7;1-2(3)4;/h9H2,1-8H3;16H,8H2,1-7H3;3*(H,5,6,7);1H3;/q;;;;;;+3/p-3. The van der Waals surface area contributed by atoms with Crippen LogP contribution in [0.1, 0.15) is 115 Å². The molecule has 0 saturated heterocycles. The van der Waals surface area contributed by atoms with Gasteiger partial charge in [0.2, 0.25) is 0 Å². The zero-order chi connectivity index (χ0) is 49.6. The van der Waals surface area contributed by atoms with Crippen LogP contribution in [0.3, 0.4) is 0 Å². The molecule has 2 rings (SSSR count). The first-order valence-corrected chi connectivity index (χ1v) is 25.8. The minimum atomic E-state index is -7.19. The Labute approximate surface area is 361 Å². The van der Waals surface area contributed by atoms with Crippen molar-refractivity contribution in [1.82, 2.24) is 0 Å². The number of nitro groups is 1. The quantitative estimate of drug-likeness (QED) is 0.114. The van der Waals surface area contributed by atoms with Crippen molar-refractivity contribution in [1.29, 1.82) is 0 Å². The molecular formula is C35H53F9InNO12S3. The molecule has 0 amide bonds. The first kappa shape index (κ1) is 60.9. The van der Waals surface area contributed by atoms with Gasteiger partial charge in [0, 0.05) is 4.92 Å². The van der Waals surface area contributed by atoms with E-state index < -0.39 is 74.5 Å². The van der Waals surface area contributed by atoms with E-state index >= 15 is 0 Å². The average Bonchev–Trinajstić information content (AvgIpc) is 3.00. The fourth-order valence-electron chi connectivity index (χ4n) is 6.32. The topological polar surface area (TPSA) is 193 Å². The third-order valence-corrected chi connectivity index (χ3v) is 22.5. The first-order valence-electron chi connectivity index (χ1n) is 17.6. The Kier molecular flexibility index (Phi) is 21.6. The number of halogens is 9. The summed E-state index contributed by atoms with van der Waals surface area (Å²) in [5.74, 6) is 0. The summed E-state index contributed by atoms with van der Waals surface area (Å²) < 4.78 is 179. The summed E-state index contributed by atoms with van der Waals surface area (Å²) in [6.07, 6.45) is 1.14. The molecule has 13 nitrogen and oxygen atoms in total. The Bertz CT molecular complexity index is 1960. The Morgan fingerprint density at radius 1 is 0.525 bits per heavy atom. The summed E-state index contributed by atoms with van der Waals surface area (Å²) in [7, 11) is -20.3. The number of nitrogens with zero attached hydrogens (tertiary/aromatic N) is 1. The van der Waals surface area contributed by atoms with Gasteiger partial charge in [-0.3, -0.25) is 10.1 Å². The summed E-state index contributed by atoms with van der Waals surface area (Å²) >= 11 is -7.19. The van der Waals surface area contributed by atoms with Crippen molar-refractivity contribution in [2.45, 2.75) is 144 Å². The van der Waals surface area contributed by atoms with E-state index in [1.165, 1.54) is 50.1 Å². The van der Waals surface area contributed by atoms with Crippen LogP contribution in [0.4, 0.5) is 39.5 Å². The van der Waals surface area contributed by atoms with Crippen LogP contribution in [0.15, 0.2) is 0 Å². The number of alkyl halides is 9. The normalized spacial score (nSPS) is 13.0. The van der Waals surface area contributed by atoms with Crippen LogP contribution < -0.4 is 0 Å². The number of aliphatic hydroxyl groups excluding tert-OH is 1. The van der Waals surface area contributed by atoms with Crippen molar-refractivity contribution in [2.75, 3.05) is 7.05 Å². The Hall–Kier alpha value is -2.23. The molecule has 2 aromatic rings. The van der Waals surface area contributed by atoms with E-state index in [1.807, 2.05) is 0 Å². The van der Waals surface area contributed by atoms with Crippen molar-refractivity contribution >= 4 is 53.1 Å². The van der Waals surface area contributed by atoms with E-state index in [1.54, 1.807) is 11.1 Å². The molecule has 0 fully saturated rings. The Morgan fingerprint density at radius 3 is 0.869 bits per heavy atom. The van der Waals surface area contributed by atoms with Crippen molar-refractivity contribution in [3.05, 3.63) is 76.9 Å². The molecule has 0 aromatic heterocycles. The molecule has 0 atom stereocenters. The van der Waals surface area contributed by atoms with Gasteiger partial charge in [0.1, 0.15) is 0 Å². The van der Waals surface area contributed by atoms with Crippen LogP contribution in [0, 0.1) is 65.5 Å². The second kappa shape index (κ2) is 21.6. The van der Waals surface area contributed by atoms with E-state index in [4.69, 9.17) is 10.1 Å². The summed E-state index contributed by atoms with van der Waals surface area (Å²) in [6.45, 7) is 33.8. The Balaban J connectivity index is 0. The second-order valence-corrected chi connectivity index (χ2v) is 26.7. The van der Waals surface area contributed by atoms with Gasteiger partial charge in [0.25, 0.3) is 0 Å². The fraction of sp³-hybridized carbons (Fsp3) is 0.657. The summed E-state index contributed by atoms with van der Waals surface area (Å²) in [5, 5.41) is 18.2. The molecule has 0 spiro atoms. The summed E-state index contributed by atoms with van der Waals surface area (Å²) in [6, 6.07) is 0. The van der Waals surface area contributed by atoms with Crippen molar-refractivity contribution < 1.29 is 81.7 Å². The van der Waals surface area contributed by atoms with Gasteiger partial charge in [-0.1, -0.05) is 48.5 Å². The van der Waals surface area contributed by atoms with Crippen LogP contribution in [0.25, 0.3) is 0 Å². The van der Waals surface area contributed by atoms with Crippen molar-refractivity contribution in [3.8, 4) is 0 Å². The molecule has 0 unspecified atom stereocenters. The van der Waals surface area contributed by atoms with Gasteiger partial charge in [-0.05, 0) is 139 Å². The van der Waals surface area contributed by atoms with Gasteiger partial charge in [-0.15, -0.1) is 0 Å². The molecule has 26 heteroatoms. The zero-order valence-corrected chi connectivity index (χ0v) is 42.2. The second-order valence-electron chi connectivity index (χ2n) is 15.4. The van der Waals surface area contributed by atoms with E-state index in [0.717, 1.165) is 19.0 Å². The molecule has 0 aliphatic heterocycles. The molecule has 0 radical (unpaired) electrons. The van der Waals surface area contributed by atoms with Crippen LogP contribution in [0.5, 0.6) is 0 Å². The molecule has 0 aliphatic carbocycles. The summed E-state index contributed by atoms with van der Waals surface area (Å²) in [4.78, 5) is 8.31. The molecule has 1 N–H and O–H groups in total. The fourth-order valence-corrected chi connectivity index (χ4v) is 18.2. The zero-order valence-electron chi connectivity index (χ0n) is 36.5. The molecular weight excluding hydrogens is 1010 g/mol. The maximum absolute atomic E-state index is 12.0. The number of hydrogen-bond acceptors (Lipinski definition) is 12. The van der Waals surface area contributed by atoms with Crippen LogP contribution in [-0.2, 0) is 61.1 Å². The van der Waals surface area contributed by atoms with E-state index in [2.05, 4.69) is 111 Å². The molecule has 354 valence electrons. The molecule has 0 aliphatic rings. The van der Waals surface area contributed by atoms with E-state index in [9.17, 15) is 69.9 Å². The minimum absolute atomic E-state index is 0.143. The monoisotopic (exact) mass is 1060 g/mol.